The standard InChI is InChI=1S/C24H31ClN8O2S2/c1-23(2,3)37(35)30-19-15-5-10-29-33(15)14-24(19)7-11-32(12-8-24)22-28-13-17(21(34)31(22)4)36-16-6-9-27-20(26)18(16)25/h5-6,9-10,13,19,30H,7-8,11-12,14H2,1-4H3,(H2,26,27)/t19-,37-/m1/s1. The fourth-order valence-electron chi connectivity index (χ4n) is 5.01. The number of fused-ring (bicyclic) bond motifs is 1. The highest BCUT2D eigenvalue weighted by Crippen LogP contribution is 2.50. The van der Waals surface area contributed by atoms with Crippen molar-refractivity contribution >= 4 is 46.5 Å². The Morgan fingerprint density at radius 3 is 2.65 bits per heavy atom. The van der Waals surface area contributed by atoms with Crippen molar-refractivity contribution in [3.63, 3.8) is 0 Å². The van der Waals surface area contributed by atoms with Gasteiger partial charge in [-0.25, -0.2) is 9.97 Å². The molecular weight excluding hydrogens is 532 g/mol. The molecule has 198 valence electrons. The third-order valence-corrected chi connectivity index (χ3v) is 10.3. The third kappa shape index (κ3) is 4.85. The Morgan fingerprint density at radius 2 is 1.95 bits per heavy atom. The van der Waals surface area contributed by atoms with Gasteiger partial charge in [0.1, 0.15) is 16.6 Å². The summed E-state index contributed by atoms with van der Waals surface area (Å²) < 4.78 is 19.7. The summed E-state index contributed by atoms with van der Waals surface area (Å²) in [4.78, 5) is 25.1. The topological polar surface area (TPSA) is 130 Å². The molecule has 3 aromatic rings. The van der Waals surface area contributed by atoms with E-state index in [-0.39, 0.29) is 27.6 Å². The molecule has 0 radical (unpaired) electrons. The molecule has 0 aliphatic carbocycles. The van der Waals surface area contributed by atoms with Crippen LogP contribution in [0.4, 0.5) is 11.8 Å². The zero-order valence-corrected chi connectivity index (χ0v) is 23.7. The molecule has 0 bridgehead atoms. The molecule has 3 aromatic heterocycles. The molecule has 2 aliphatic heterocycles. The lowest BCUT2D eigenvalue weighted by Crippen LogP contribution is -2.50. The van der Waals surface area contributed by atoms with Crippen LogP contribution in [0.5, 0.6) is 0 Å². The highest BCUT2D eigenvalue weighted by molar-refractivity contribution is 7.99. The average Bonchev–Trinajstić information content (AvgIpc) is 3.40. The van der Waals surface area contributed by atoms with Crippen LogP contribution in [0, 0.1) is 5.41 Å². The SMILES string of the molecule is Cn1c(N2CCC3(CC2)Cn2nccc2[C@H]3N[S@+]([O-])C(C)(C)C)ncc(Sc2ccnc(N)c2Cl)c1=O. The minimum atomic E-state index is -1.21. The smallest absolute Gasteiger partial charge is 0.268 e. The Morgan fingerprint density at radius 1 is 1.22 bits per heavy atom. The Kier molecular flexibility index (Phi) is 6.99. The summed E-state index contributed by atoms with van der Waals surface area (Å²) in [6.07, 6.45) is 6.68. The number of nitrogens with one attached hydrogen (secondary N) is 1. The highest BCUT2D eigenvalue weighted by Gasteiger charge is 2.51. The van der Waals surface area contributed by atoms with Gasteiger partial charge in [-0.1, -0.05) is 23.4 Å². The Balaban J connectivity index is 1.34. The first-order valence-electron chi connectivity index (χ1n) is 12.1. The zero-order valence-electron chi connectivity index (χ0n) is 21.3. The maximum absolute atomic E-state index is 13.2. The van der Waals surface area contributed by atoms with Crippen LogP contribution in [-0.2, 0) is 25.0 Å². The second-order valence-electron chi connectivity index (χ2n) is 10.6. The van der Waals surface area contributed by atoms with Crippen LogP contribution in [0.1, 0.15) is 45.3 Å². The van der Waals surface area contributed by atoms with Gasteiger partial charge in [0.25, 0.3) is 5.56 Å². The van der Waals surface area contributed by atoms with Gasteiger partial charge in [-0.15, -0.1) is 4.72 Å². The number of pyridine rings is 1. The van der Waals surface area contributed by atoms with Gasteiger partial charge in [-0.2, -0.15) is 5.10 Å². The van der Waals surface area contributed by atoms with E-state index in [1.54, 1.807) is 36.3 Å². The quantitative estimate of drug-likeness (QED) is 0.450. The average molecular weight is 563 g/mol. The number of nitrogens with two attached hydrogens (primary N) is 1. The summed E-state index contributed by atoms with van der Waals surface area (Å²) in [5, 5.41) is 4.83. The van der Waals surface area contributed by atoms with Crippen LogP contribution in [0.3, 0.4) is 0 Å². The van der Waals surface area contributed by atoms with Crippen LogP contribution in [0.15, 0.2) is 45.3 Å². The first-order valence-corrected chi connectivity index (χ1v) is 14.4. The number of halogens is 1. The molecule has 0 amide bonds. The maximum Gasteiger partial charge on any atom is 0.268 e. The molecule has 0 saturated carbocycles. The van der Waals surface area contributed by atoms with Crippen molar-refractivity contribution in [1.82, 2.24) is 29.0 Å². The van der Waals surface area contributed by atoms with Crippen molar-refractivity contribution in [1.29, 1.82) is 0 Å². The number of hydrogen-bond donors (Lipinski definition) is 2. The lowest BCUT2D eigenvalue weighted by Gasteiger charge is -2.43. The number of hydrogen-bond acceptors (Lipinski definition) is 9. The largest absolute Gasteiger partial charge is 0.598 e. The molecule has 2 atom stereocenters. The molecule has 37 heavy (non-hydrogen) atoms. The number of nitrogens with zero attached hydrogens (tertiary/aromatic N) is 6. The Hall–Kier alpha value is -2.25. The lowest BCUT2D eigenvalue weighted by molar-refractivity contribution is 0.159. The molecule has 10 nitrogen and oxygen atoms in total. The molecule has 5 heterocycles. The molecule has 2 aliphatic rings. The molecule has 0 unspecified atom stereocenters. The van der Waals surface area contributed by atoms with Gasteiger partial charge in [-0.3, -0.25) is 14.0 Å². The van der Waals surface area contributed by atoms with Crippen molar-refractivity contribution in [2.24, 2.45) is 12.5 Å². The molecule has 1 spiro atoms. The van der Waals surface area contributed by atoms with Gasteiger partial charge in [0, 0.05) is 60.7 Å². The van der Waals surface area contributed by atoms with E-state index in [1.807, 2.05) is 31.5 Å². The van der Waals surface area contributed by atoms with E-state index in [4.69, 9.17) is 17.3 Å². The summed E-state index contributed by atoms with van der Waals surface area (Å²) in [5.74, 6) is 0.853. The van der Waals surface area contributed by atoms with Gasteiger partial charge in [-0.05, 0) is 45.7 Å². The normalized spacial score (nSPS) is 19.8. The zero-order chi connectivity index (χ0) is 26.5. The predicted octanol–water partition coefficient (Wildman–Crippen LogP) is 3.15. The van der Waals surface area contributed by atoms with Gasteiger partial charge >= 0.3 is 0 Å². The first-order chi connectivity index (χ1) is 17.5. The van der Waals surface area contributed by atoms with Gasteiger partial charge in [0.15, 0.2) is 0 Å². The van der Waals surface area contributed by atoms with E-state index >= 15 is 0 Å². The fraction of sp³-hybridized carbons (Fsp3) is 0.500. The van der Waals surface area contributed by atoms with Crippen LogP contribution in [0.2, 0.25) is 5.02 Å². The molecule has 1 saturated heterocycles. The van der Waals surface area contributed by atoms with Gasteiger partial charge in [0.2, 0.25) is 5.95 Å². The summed E-state index contributed by atoms with van der Waals surface area (Å²) in [6.45, 7) is 8.16. The maximum atomic E-state index is 13.2. The molecule has 3 N–H and O–H groups in total. The summed E-state index contributed by atoms with van der Waals surface area (Å²) in [6, 6.07) is 3.69. The number of rotatable bonds is 5. The lowest BCUT2D eigenvalue weighted by atomic mass is 9.73. The Bertz CT molecular complexity index is 1360. The van der Waals surface area contributed by atoms with Crippen LogP contribution in [-0.4, -0.2) is 46.7 Å². The van der Waals surface area contributed by atoms with E-state index in [0.717, 1.165) is 38.2 Å². The van der Waals surface area contributed by atoms with E-state index in [9.17, 15) is 9.35 Å². The van der Waals surface area contributed by atoms with Crippen LogP contribution < -0.4 is 20.9 Å². The molecule has 13 heteroatoms. The number of aromatic nitrogens is 5. The number of nitrogen functional groups attached to an aromatic ring is 1. The molecule has 0 aromatic carbocycles. The minimum absolute atomic E-state index is 0.0506. The molecular formula is C24H31ClN8O2S2. The Labute approximate surface area is 228 Å². The van der Waals surface area contributed by atoms with Gasteiger partial charge in [0.05, 0.1) is 21.8 Å². The van der Waals surface area contributed by atoms with E-state index in [0.29, 0.717) is 20.8 Å². The fourth-order valence-corrected chi connectivity index (χ4v) is 7.06. The van der Waals surface area contributed by atoms with E-state index in [1.165, 1.54) is 11.8 Å². The minimum Gasteiger partial charge on any atom is -0.598 e. The molecule has 5 rings (SSSR count). The van der Waals surface area contributed by atoms with Crippen LogP contribution in [0.25, 0.3) is 0 Å². The summed E-state index contributed by atoms with van der Waals surface area (Å²) in [7, 11) is 1.74. The predicted molar refractivity (Wildman–Crippen MR) is 147 cm³/mol. The van der Waals surface area contributed by atoms with Crippen molar-refractivity contribution in [3.05, 3.63) is 51.8 Å². The summed E-state index contributed by atoms with van der Waals surface area (Å²) in [5.41, 5.74) is 6.63. The number of anilines is 2. The second kappa shape index (κ2) is 9.81. The second-order valence-corrected chi connectivity index (χ2v) is 14.1. The van der Waals surface area contributed by atoms with E-state index in [2.05, 4.69) is 24.7 Å². The van der Waals surface area contributed by atoms with E-state index < -0.39 is 11.4 Å². The van der Waals surface area contributed by atoms with Crippen LogP contribution >= 0.6 is 23.4 Å². The van der Waals surface area contributed by atoms with Gasteiger partial charge < -0.3 is 15.2 Å². The third-order valence-electron chi connectivity index (χ3n) is 7.16. The highest BCUT2D eigenvalue weighted by atomic mass is 35.5. The number of piperidine rings is 1. The van der Waals surface area contributed by atoms with Crippen molar-refractivity contribution < 1.29 is 4.55 Å². The molecule has 1 fully saturated rings. The monoisotopic (exact) mass is 562 g/mol. The first kappa shape index (κ1) is 26.4. The van der Waals surface area contributed by atoms with Crippen molar-refractivity contribution in [3.8, 4) is 0 Å². The summed E-state index contributed by atoms with van der Waals surface area (Å²) >= 11 is 6.29. The van der Waals surface area contributed by atoms with Crippen molar-refractivity contribution in [2.45, 2.75) is 60.7 Å². The van der Waals surface area contributed by atoms with Crippen molar-refractivity contribution in [2.75, 3.05) is 23.7 Å².